The predicted octanol–water partition coefficient (Wildman–Crippen LogP) is 0.969. The first-order valence-corrected chi connectivity index (χ1v) is 5.44. The standard InChI is InChI=1S/C11H13N3O5/c1-2-7(11(16)17)13-8-5-6(10(12)15)3-4-9(8)14(18)19/h3-5,7,13H,2H2,1H3,(H2,12,15)(H,16,17). The van der Waals surface area contributed by atoms with Gasteiger partial charge in [0.15, 0.2) is 0 Å². The highest BCUT2D eigenvalue weighted by Gasteiger charge is 2.21. The van der Waals surface area contributed by atoms with Gasteiger partial charge in [0.25, 0.3) is 5.69 Å². The zero-order chi connectivity index (χ0) is 14.6. The van der Waals surface area contributed by atoms with E-state index in [1.54, 1.807) is 6.92 Å². The molecule has 0 bridgehead atoms. The van der Waals surface area contributed by atoms with Crippen molar-refractivity contribution in [2.24, 2.45) is 5.73 Å². The number of nitro benzene ring substituents is 1. The van der Waals surface area contributed by atoms with Crippen molar-refractivity contribution in [2.75, 3.05) is 5.32 Å². The summed E-state index contributed by atoms with van der Waals surface area (Å²) in [7, 11) is 0. The lowest BCUT2D eigenvalue weighted by Gasteiger charge is -2.14. The van der Waals surface area contributed by atoms with Gasteiger partial charge in [-0.3, -0.25) is 14.9 Å². The van der Waals surface area contributed by atoms with Gasteiger partial charge in [-0.05, 0) is 18.6 Å². The number of carbonyl (C=O) groups is 2. The van der Waals surface area contributed by atoms with Gasteiger partial charge in [0, 0.05) is 11.6 Å². The molecule has 1 atom stereocenters. The summed E-state index contributed by atoms with van der Waals surface area (Å²) in [5.41, 5.74) is 4.78. The van der Waals surface area contributed by atoms with Crippen LogP contribution >= 0.6 is 0 Å². The van der Waals surface area contributed by atoms with E-state index in [0.717, 1.165) is 6.07 Å². The Balaban J connectivity index is 3.21. The van der Waals surface area contributed by atoms with Gasteiger partial charge in [-0.15, -0.1) is 0 Å². The number of nitrogens with zero attached hydrogens (tertiary/aromatic N) is 1. The molecule has 0 radical (unpaired) electrons. The lowest BCUT2D eigenvalue weighted by Crippen LogP contribution is -2.28. The molecular weight excluding hydrogens is 254 g/mol. The van der Waals surface area contributed by atoms with Crippen LogP contribution in [-0.2, 0) is 4.79 Å². The normalized spacial score (nSPS) is 11.6. The Morgan fingerprint density at radius 3 is 2.58 bits per heavy atom. The second kappa shape index (κ2) is 5.80. The monoisotopic (exact) mass is 267 g/mol. The zero-order valence-corrected chi connectivity index (χ0v) is 10.1. The highest BCUT2D eigenvalue weighted by Crippen LogP contribution is 2.26. The number of carbonyl (C=O) groups excluding carboxylic acids is 1. The smallest absolute Gasteiger partial charge is 0.326 e. The minimum Gasteiger partial charge on any atom is -0.480 e. The first kappa shape index (κ1) is 14.4. The maximum Gasteiger partial charge on any atom is 0.326 e. The molecule has 19 heavy (non-hydrogen) atoms. The number of nitro groups is 1. The molecule has 0 heterocycles. The van der Waals surface area contributed by atoms with E-state index in [4.69, 9.17) is 10.8 Å². The molecule has 0 aliphatic rings. The van der Waals surface area contributed by atoms with E-state index in [9.17, 15) is 19.7 Å². The molecule has 0 aliphatic carbocycles. The SMILES string of the molecule is CCC(Nc1cc(C(N)=O)ccc1[N+](=O)[O-])C(=O)O. The van der Waals surface area contributed by atoms with E-state index in [2.05, 4.69) is 5.32 Å². The molecule has 0 spiro atoms. The summed E-state index contributed by atoms with van der Waals surface area (Å²) < 4.78 is 0. The van der Waals surface area contributed by atoms with Crippen molar-refractivity contribution in [1.29, 1.82) is 0 Å². The molecule has 1 amide bonds. The third-order valence-corrected chi connectivity index (χ3v) is 2.51. The van der Waals surface area contributed by atoms with E-state index < -0.39 is 22.8 Å². The predicted molar refractivity (Wildman–Crippen MR) is 67.0 cm³/mol. The molecule has 4 N–H and O–H groups in total. The van der Waals surface area contributed by atoms with Crippen LogP contribution in [0.15, 0.2) is 18.2 Å². The number of primary amides is 1. The van der Waals surface area contributed by atoms with Crippen molar-refractivity contribution in [3.05, 3.63) is 33.9 Å². The van der Waals surface area contributed by atoms with Gasteiger partial charge in [0.2, 0.25) is 5.91 Å². The number of amides is 1. The Labute approximate surface area is 108 Å². The van der Waals surface area contributed by atoms with Crippen LogP contribution in [0.3, 0.4) is 0 Å². The lowest BCUT2D eigenvalue weighted by atomic mass is 10.1. The summed E-state index contributed by atoms with van der Waals surface area (Å²) in [5.74, 6) is -1.89. The molecule has 0 fully saturated rings. The molecule has 0 aliphatic heterocycles. The van der Waals surface area contributed by atoms with Crippen LogP contribution in [0.25, 0.3) is 0 Å². The molecule has 0 aromatic heterocycles. The average molecular weight is 267 g/mol. The fourth-order valence-corrected chi connectivity index (χ4v) is 1.49. The fraction of sp³-hybridized carbons (Fsp3) is 0.273. The Morgan fingerprint density at radius 1 is 1.53 bits per heavy atom. The van der Waals surface area contributed by atoms with Crippen LogP contribution < -0.4 is 11.1 Å². The van der Waals surface area contributed by atoms with Crippen molar-refractivity contribution in [2.45, 2.75) is 19.4 Å². The lowest BCUT2D eigenvalue weighted by molar-refractivity contribution is -0.384. The Hall–Kier alpha value is -2.64. The van der Waals surface area contributed by atoms with Crippen LogP contribution in [0.4, 0.5) is 11.4 Å². The molecule has 1 aromatic carbocycles. The van der Waals surface area contributed by atoms with Gasteiger partial charge in [-0.1, -0.05) is 6.92 Å². The molecule has 102 valence electrons. The Kier molecular flexibility index (Phi) is 4.41. The molecular formula is C11H13N3O5. The first-order chi connectivity index (χ1) is 8.86. The van der Waals surface area contributed by atoms with Crippen molar-refractivity contribution in [1.82, 2.24) is 0 Å². The summed E-state index contributed by atoms with van der Waals surface area (Å²) in [5, 5.41) is 22.3. The quantitative estimate of drug-likeness (QED) is 0.519. The Morgan fingerprint density at radius 2 is 2.16 bits per heavy atom. The van der Waals surface area contributed by atoms with E-state index in [1.165, 1.54) is 12.1 Å². The molecule has 0 saturated heterocycles. The van der Waals surface area contributed by atoms with E-state index in [-0.39, 0.29) is 23.4 Å². The van der Waals surface area contributed by atoms with Crippen molar-refractivity contribution in [3.8, 4) is 0 Å². The van der Waals surface area contributed by atoms with E-state index in [1.807, 2.05) is 0 Å². The number of nitrogens with two attached hydrogens (primary N) is 1. The van der Waals surface area contributed by atoms with Gasteiger partial charge in [-0.2, -0.15) is 0 Å². The number of carboxylic acids is 1. The summed E-state index contributed by atoms with van der Waals surface area (Å²) in [6.07, 6.45) is 0.229. The van der Waals surface area contributed by atoms with Crippen molar-refractivity contribution < 1.29 is 19.6 Å². The number of hydrogen-bond acceptors (Lipinski definition) is 5. The van der Waals surface area contributed by atoms with E-state index in [0.29, 0.717) is 0 Å². The van der Waals surface area contributed by atoms with Gasteiger partial charge < -0.3 is 16.2 Å². The third-order valence-electron chi connectivity index (χ3n) is 2.51. The number of anilines is 1. The molecule has 1 aromatic rings. The Bertz CT molecular complexity index is 529. The summed E-state index contributed by atoms with van der Waals surface area (Å²) in [6.45, 7) is 1.62. The summed E-state index contributed by atoms with van der Waals surface area (Å²) in [6, 6.07) is 2.51. The van der Waals surface area contributed by atoms with E-state index >= 15 is 0 Å². The molecule has 8 heteroatoms. The second-order valence-electron chi connectivity index (χ2n) is 3.80. The van der Waals surface area contributed by atoms with Crippen LogP contribution in [0.1, 0.15) is 23.7 Å². The average Bonchev–Trinajstić information content (AvgIpc) is 2.34. The topological polar surface area (TPSA) is 136 Å². The molecule has 8 nitrogen and oxygen atoms in total. The number of carboxylic acid groups (broad SMARTS) is 1. The maximum atomic E-state index is 11.0. The van der Waals surface area contributed by atoms with Crippen molar-refractivity contribution >= 4 is 23.3 Å². The molecule has 0 saturated carbocycles. The minimum absolute atomic E-state index is 0.0458. The second-order valence-corrected chi connectivity index (χ2v) is 3.80. The molecule has 1 unspecified atom stereocenters. The van der Waals surface area contributed by atoms with Crippen LogP contribution in [0, 0.1) is 10.1 Å². The number of hydrogen-bond donors (Lipinski definition) is 3. The highest BCUT2D eigenvalue weighted by atomic mass is 16.6. The maximum absolute atomic E-state index is 11.0. The minimum atomic E-state index is -1.14. The first-order valence-electron chi connectivity index (χ1n) is 5.44. The van der Waals surface area contributed by atoms with Crippen LogP contribution in [0.2, 0.25) is 0 Å². The fourth-order valence-electron chi connectivity index (χ4n) is 1.49. The summed E-state index contributed by atoms with van der Waals surface area (Å²) in [4.78, 5) is 32.1. The highest BCUT2D eigenvalue weighted by molar-refractivity contribution is 5.95. The number of rotatable bonds is 6. The van der Waals surface area contributed by atoms with Crippen molar-refractivity contribution in [3.63, 3.8) is 0 Å². The number of nitrogens with one attached hydrogen (secondary N) is 1. The largest absolute Gasteiger partial charge is 0.480 e. The summed E-state index contributed by atoms with van der Waals surface area (Å²) >= 11 is 0. The molecule has 1 rings (SSSR count). The number of benzene rings is 1. The van der Waals surface area contributed by atoms with Gasteiger partial charge >= 0.3 is 5.97 Å². The van der Waals surface area contributed by atoms with Gasteiger partial charge in [0.05, 0.1) is 4.92 Å². The van der Waals surface area contributed by atoms with Gasteiger partial charge in [-0.25, -0.2) is 4.79 Å². The van der Waals surface area contributed by atoms with Gasteiger partial charge in [0.1, 0.15) is 11.7 Å². The third kappa shape index (κ3) is 3.41. The van der Waals surface area contributed by atoms with Crippen LogP contribution in [0.5, 0.6) is 0 Å². The number of aliphatic carboxylic acids is 1. The van der Waals surface area contributed by atoms with Crippen LogP contribution in [-0.4, -0.2) is 27.9 Å². The zero-order valence-electron chi connectivity index (χ0n) is 10.1.